The average Bonchev–Trinajstić information content (AvgIpc) is 3.51. The summed E-state index contributed by atoms with van der Waals surface area (Å²) in [6.45, 7) is 0. The first-order chi connectivity index (χ1) is 17.9. The molecule has 37 heavy (non-hydrogen) atoms. The lowest BCUT2D eigenvalue weighted by Crippen LogP contribution is -2.29. The van der Waals surface area contributed by atoms with Crippen molar-refractivity contribution < 1.29 is 20.1 Å². The molecule has 0 aliphatic carbocycles. The Labute approximate surface area is 213 Å². The molecule has 0 unspecified atom stereocenters. The van der Waals surface area contributed by atoms with Gasteiger partial charge in [-0.25, -0.2) is 9.97 Å². The van der Waals surface area contributed by atoms with E-state index in [1.54, 1.807) is 24.3 Å². The van der Waals surface area contributed by atoms with Gasteiger partial charge in [-0.15, -0.1) is 0 Å². The Balaban J connectivity index is 0.000000152. The molecule has 2 heterocycles. The number of rotatable bonds is 4. The van der Waals surface area contributed by atoms with Crippen molar-refractivity contribution in [2.24, 2.45) is 7.05 Å². The molecular formula is C27H24B2N4O4. The lowest BCUT2D eigenvalue weighted by molar-refractivity contribution is 0.424. The normalized spacial score (nSPS) is 10.8. The first-order valence-corrected chi connectivity index (χ1v) is 11.7. The van der Waals surface area contributed by atoms with Gasteiger partial charge in [-0.3, -0.25) is 0 Å². The van der Waals surface area contributed by atoms with Gasteiger partial charge in [-0.1, -0.05) is 72.8 Å². The number of hydrogen-bond acceptors (Lipinski definition) is 6. The van der Waals surface area contributed by atoms with E-state index in [2.05, 4.69) is 15.0 Å². The zero-order valence-electron chi connectivity index (χ0n) is 20.0. The Morgan fingerprint density at radius 1 is 0.622 bits per heavy atom. The molecule has 182 valence electrons. The molecule has 0 saturated heterocycles. The lowest BCUT2D eigenvalue weighted by Gasteiger charge is -2.04. The van der Waals surface area contributed by atoms with Crippen molar-refractivity contribution in [1.82, 2.24) is 19.5 Å². The summed E-state index contributed by atoms with van der Waals surface area (Å²) in [5, 5.41) is 36.2. The van der Waals surface area contributed by atoms with Gasteiger partial charge in [0, 0.05) is 18.2 Å². The third kappa shape index (κ3) is 5.18. The maximum absolute atomic E-state index is 9.09. The SMILES string of the molecule is Cn1c(-c2ccc(B(O)O)cc2)nc2ccccc21.OB(O)c1ccc(-c2nc3ccccc3[nH]2)cc1. The van der Waals surface area contributed by atoms with Crippen LogP contribution in [0.2, 0.25) is 0 Å². The molecule has 0 bridgehead atoms. The molecule has 0 spiro atoms. The van der Waals surface area contributed by atoms with Gasteiger partial charge in [0.25, 0.3) is 0 Å². The number of H-pyrrole nitrogens is 1. The van der Waals surface area contributed by atoms with Crippen LogP contribution >= 0.6 is 0 Å². The fourth-order valence-electron chi connectivity index (χ4n) is 4.11. The molecule has 4 aromatic carbocycles. The van der Waals surface area contributed by atoms with Crippen LogP contribution in [0.5, 0.6) is 0 Å². The van der Waals surface area contributed by atoms with Gasteiger partial charge < -0.3 is 29.6 Å². The highest BCUT2D eigenvalue weighted by molar-refractivity contribution is 6.58. The number of hydrogen-bond donors (Lipinski definition) is 5. The van der Waals surface area contributed by atoms with E-state index in [1.165, 1.54) is 0 Å². The zero-order valence-corrected chi connectivity index (χ0v) is 20.0. The minimum absolute atomic E-state index is 0.467. The number of fused-ring (bicyclic) bond motifs is 2. The summed E-state index contributed by atoms with van der Waals surface area (Å²) in [5.74, 6) is 1.63. The van der Waals surface area contributed by atoms with Gasteiger partial charge in [0.15, 0.2) is 0 Å². The zero-order chi connectivity index (χ0) is 25.9. The molecule has 6 rings (SSSR count). The van der Waals surface area contributed by atoms with Crippen molar-refractivity contribution in [1.29, 1.82) is 0 Å². The highest BCUT2D eigenvalue weighted by Gasteiger charge is 2.13. The molecule has 5 N–H and O–H groups in total. The van der Waals surface area contributed by atoms with Gasteiger partial charge >= 0.3 is 14.2 Å². The molecule has 6 aromatic rings. The summed E-state index contributed by atoms with van der Waals surface area (Å²) in [6, 6.07) is 29.8. The van der Waals surface area contributed by atoms with Gasteiger partial charge in [0.2, 0.25) is 0 Å². The Bertz CT molecular complexity index is 1610. The first kappa shape index (κ1) is 24.5. The highest BCUT2D eigenvalue weighted by Crippen LogP contribution is 2.23. The van der Waals surface area contributed by atoms with E-state index in [-0.39, 0.29) is 0 Å². The third-order valence-corrected chi connectivity index (χ3v) is 6.13. The summed E-state index contributed by atoms with van der Waals surface area (Å²) in [4.78, 5) is 12.3. The van der Waals surface area contributed by atoms with Gasteiger partial charge in [0.1, 0.15) is 11.6 Å². The van der Waals surface area contributed by atoms with Crippen molar-refractivity contribution in [2.75, 3.05) is 0 Å². The van der Waals surface area contributed by atoms with Gasteiger partial charge in [0.05, 0.1) is 22.1 Å². The fourth-order valence-corrected chi connectivity index (χ4v) is 4.11. The molecule has 0 fully saturated rings. The molecule has 0 aliphatic rings. The lowest BCUT2D eigenvalue weighted by atomic mass is 9.80. The molecule has 8 nitrogen and oxygen atoms in total. The van der Waals surface area contributed by atoms with Crippen molar-refractivity contribution >= 4 is 47.2 Å². The van der Waals surface area contributed by atoms with Crippen LogP contribution in [0.4, 0.5) is 0 Å². The van der Waals surface area contributed by atoms with Crippen molar-refractivity contribution in [3.63, 3.8) is 0 Å². The van der Waals surface area contributed by atoms with Crippen molar-refractivity contribution in [2.45, 2.75) is 0 Å². The number of para-hydroxylation sites is 4. The maximum atomic E-state index is 9.09. The number of aromatic nitrogens is 4. The topological polar surface area (TPSA) is 127 Å². The standard InChI is InChI=1S/C14H13BN2O2.C13H11BN2O2/c1-17-13-5-3-2-4-12(13)16-14(17)10-6-8-11(9-7-10)15(18)19;17-14(18)10-7-5-9(6-8-10)13-15-11-3-1-2-4-12(11)16-13/h2-9,18-19H,1H3;1-8,17-18H,(H,15,16). The van der Waals surface area contributed by atoms with Crippen molar-refractivity contribution in [3.05, 3.63) is 97.1 Å². The minimum Gasteiger partial charge on any atom is -0.423 e. The van der Waals surface area contributed by atoms with E-state index in [4.69, 9.17) is 20.1 Å². The molecule has 2 aromatic heterocycles. The van der Waals surface area contributed by atoms with Gasteiger partial charge in [-0.2, -0.15) is 0 Å². The van der Waals surface area contributed by atoms with Crippen LogP contribution in [0.15, 0.2) is 97.1 Å². The molecule has 0 radical (unpaired) electrons. The van der Waals surface area contributed by atoms with Crippen LogP contribution in [-0.2, 0) is 7.05 Å². The molecular weight excluding hydrogens is 466 g/mol. The Kier molecular flexibility index (Phi) is 6.89. The molecule has 10 heteroatoms. The summed E-state index contributed by atoms with van der Waals surface area (Å²) in [6.07, 6.45) is 0. The highest BCUT2D eigenvalue weighted by atomic mass is 16.4. The molecule has 0 aliphatic heterocycles. The van der Waals surface area contributed by atoms with Crippen LogP contribution in [0.1, 0.15) is 0 Å². The summed E-state index contributed by atoms with van der Waals surface area (Å²) in [5.41, 5.74) is 6.73. The second-order valence-corrected chi connectivity index (χ2v) is 8.58. The molecule has 0 amide bonds. The first-order valence-electron chi connectivity index (χ1n) is 11.7. The number of imidazole rings is 2. The Morgan fingerprint density at radius 3 is 1.73 bits per heavy atom. The second-order valence-electron chi connectivity index (χ2n) is 8.58. The predicted octanol–water partition coefficient (Wildman–Crippen LogP) is 1.83. The smallest absolute Gasteiger partial charge is 0.423 e. The average molecular weight is 490 g/mol. The van der Waals surface area contributed by atoms with Crippen LogP contribution in [0.3, 0.4) is 0 Å². The Morgan fingerprint density at radius 2 is 1.16 bits per heavy atom. The summed E-state index contributed by atoms with van der Waals surface area (Å²) in [7, 11) is -0.899. The third-order valence-electron chi connectivity index (χ3n) is 6.13. The van der Waals surface area contributed by atoms with Crippen LogP contribution in [0, 0.1) is 0 Å². The van der Waals surface area contributed by atoms with Gasteiger partial charge in [-0.05, 0) is 35.2 Å². The number of nitrogens with zero attached hydrogens (tertiary/aromatic N) is 3. The Hall–Kier alpha value is -4.21. The van der Waals surface area contributed by atoms with Crippen LogP contribution in [0.25, 0.3) is 44.8 Å². The number of benzene rings is 4. The van der Waals surface area contributed by atoms with E-state index in [0.29, 0.717) is 10.9 Å². The van der Waals surface area contributed by atoms with E-state index in [1.807, 2.05) is 84.4 Å². The minimum atomic E-state index is -1.44. The van der Waals surface area contributed by atoms with E-state index < -0.39 is 14.2 Å². The summed E-state index contributed by atoms with van der Waals surface area (Å²) >= 11 is 0. The predicted molar refractivity (Wildman–Crippen MR) is 147 cm³/mol. The maximum Gasteiger partial charge on any atom is 0.488 e. The van der Waals surface area contributed by atoms with Crippen molar-refractivity contribution in [3.8, 4) is 22.8 Å². The van der Waals surface area contributed by atoms with E-state index >= 15 is 0 Å². The summed E-state index contributed by atoms with van der Waals surface area (Å²) < 4.78 is 2.03. The van der Waals surface area contributed by atoms with E-state index in [9.17, 15) is 0 Å². The number of nitrogens with one attached hydrogen (secondary N) is 1. The fraction of sp³-hybridized carbons (Fsp3) is 0.0370. The van der Waals surface area contributed by atoms with Crippen LogP contribution in [-0.4, -0.2) is 53.9 Å². The quantitative estimate of drug-likeness (QED) is 0.240. The second kappa shape index (κ2) is 10.4. The van der Waals surface area contributed by atoms with Crippen LogP contribution < -0.4 is 10.9 Å². The number of aryl methyl sites for hydroxylation is 1. The molecule has 0 atom stereocenters. The van der Waals surface area contributed by atoms with E-state index in [0.717, 1.165) is 44.8 Å². The molecule has 0 saturated carbocycles. The monoisotopic (exact) mass is 490 g/mol. The number of aromatic amines is 1. The largest absolute Gasteiger partial charge is 0.488 e.